The van der Waals surface area contributed by atoms with Crippen LogP contribution in [0.3, 0.4) is 0 Å². The minimum absolute atomic E-state index is 0.439. The van der Waals surface area contributed by atoms with Crippen molar-refractivity contribution in [3.05, 3.63) is 0 Å². The quantitative estimate of drug-likeness (QED) is 0.511. The highest BCUT2D eigenvalue weighted by Crippen LogP contribution is 2.23. The van der Waals surface area contributed by atoms with Gasteiger partial charge in [-0.15, -0.1) is 0 Å². The number of carbonyl (C=O) groups is 1. The number of rotatable bonds is 2. The molecule has 0 radical (unpaired) electrons. The molecule has 0 saturated heterocycles. The second kappa shape index (κ2) is 3.25. The Bertz CT molecular complexity index is 136. The lowest BCUT2D eigenvalue weighted by Crippen LogP contribution is -2.36. The van der Waals surface area contributed by atoms with Crippen molar-refractivity contribution in [3.8, 4) is 0 Å². The van der Waals surface area contributed by atoms with Gasteiger partial charge >= 0.3 is 10.7 Å². The standard InChI is InChI=1S/C4H6BrF2NO2/c1-8(10-2)3(9)4(5,6)7/h1-2H3. The molecule has 0 fully saturated rings. The fourth-order valence-electron chi connectivity index (χ4n) is 0.261. The molecule has 0 heterocycles. The zero-order valence-electron chi connectivity index (χ0n) is 5.40. The minimum atomic E-state index is -3.54. The Labute approximate surface area is 65.0 Å². The topological polar surface area (TPSA) is 29.5 Å². The summed E-state index contributed by atoms with van der Waals surface area (Å²) in [4.78, 5) is 11.1. The molecule has 0 unspecified atom stereocenters. The van der Waals surface area contributed by atoms with Gasteiger partial charge in [0.1, 0.15) is 0 Å². The highest BCUT2D eigenvalue weighted by atomic mass is 79.9. The van der Waals surface area contributed by atoms with Crippen LogP contribution in [0, 0.1) is 0 Å². The number of halogens is 3. The summed E-state index contributed by atoms with van der Waals surface area (Å²) in [6, 6.07) is 0. The maximum absolute atomic E-state index is 12.0. The number of nitrogens with zero attached hydrogens (tertiary/aromatic N) is 1. The Morgan fingerprint density at radius 1 is 1.70 bits per heavy atom. The summed E-state index contributed by atoms with van der Waals surface area (Å²) >= 11 is 1.88. The summed E-state index contributed by atoms with van der Waals surface area (Å²) in [5.74, 6) is -1.44. The predicted octanol–water partition coefficient (Wildman–Crippen LogP) is 0.994. The third-order valence-corrected chi connectivity index (χ3v) is 1.14. The van der Waals surface area contributed by atoms with E-state index in [0.29, 0.717) is 5.06 Å². The number of amides is 1. The number of hydroxylamine groups is 2. The van der Waals surface area contributed by atoms with E-state index >= 15 is 0 Å². The molecule has 3 nitrogen and oxygen atoms in total. The average Bonchev–Trinajstić information content (AvgIpc) is 1.83. The smallest absolute Gasteiger partial charge is 0.274 e. The molecule has 0 atom stereocenters. The van der Waals surface area contributed by atoms with E-state index in [2.05, 4.69) is 4.84 Å². The average molecular weight is 218 g/mol. The SMILES string of the molecule is CON(C)C(=O)C(F)(F)Br. The van der Waals surface area contributed by atoms with Gasteiger partial charge in [0.05, 0.1) is 7.11 Å². The minimum Gasteiger partial charge on any atom is -0.274 e. The zero-order valence-corrected chi connectivity index (χ0v) is 6.98. The van der Waals surface area contributed by atoms with Crippen molar-refractivity contribution in [2.75, 3.05) is 14.2 Å². The summed E-state index contributed by atoms with van der Waals surface area (Å²) in [5, 5.41) is 0.439. The molecule has 10 heavy (non-hydrogen) atoms. The van der Waals surface area contributed by atoms with Gasteiger partial charge in [-0.3, -0.25) is 9.63 Å². The van der Waals surface area contributed by atoms with E-state index in [4.69, 9.17) is 0 Å². The van der Waals surface area contributed by atoms with Crippen molar-refractivity contribution in [2.45, 2.75) is 4.83 Å². The lowest BCUT2D eigenvalue weighted by atomic mass is 10.6. The molecule has 0 aromatic heterocycles. The maximum atomic E-state index is 12.0. The van der Waals surface area contributed by atoms with Crippen LogP contribution in [0.25, 0.3) is 0 Å². The molecular formula is C4H6BrF2NO2. The van der Waals surface area contributed by atoms with E-state index < -0.39 is 10.7 Å². The Kier molecular flexibility index (Phi) is 3.17. The zero-order chi connectivity index (χ0) is 8.36. The highest BCUT2D eigenvalue weighted by Gasteiger charge is 2.38. The molecule has 0 aromatic rings. The van der Waals surface area contributed by atoms with Gasteiger partial charge in [0, 0.05) is 23.0 Å². The molecular weight excluding hydrogens is 212 g/mol. The molecule has 0 aromatic carbocycles. The molecule has 60 valence electrons. The van der Waals surface area contributed by atoms with Crippen molar-refractivity contribution in [1.29, 1.82) is 0 Å². The van der Waals surface area contributed by atoms with Crippen LogP contribution >= 0.6 is 15.9 Å². The first kappa shape index (κ1) is 9.77. The fraction of sp³-hybridized carbons (Fsp3) is 0.750. The number of alkyl halides is 3. The summed E-state index contributed by atoms with van der Waals surface area (Å²) < 4.78 is 24.0. The molecule has 0 aliphatic rings. The van der Waals surface area contributed by atoms with E-state index in [0.717, 1.165) is 14.2 Å². The molecule has 1 amide bonds. The van der Waals surface area contributed by atoms with Crippen molar-refractivity contribution in [1.82, 2.24) is 5.06 Å². The van der Waals surface area contributed by atoms with Gasteiger partial charge in [0.15, 0.2) is 0 Å². The summed E-state index contributed by atoms with van der Waals surface area (Å²) in [7, 11) is 2.22. The van der Waals surface area contributed by atoms with Crippen LogP contribution in [0.5, 0.6) is 0 Å². The third kappa shape index (κ3) is 2.57. The van der Waals surface area contributed by atoms with Gasteiger partial charge in [-0.2, -0.15) is 8.78 Å². The number of hydrogen-bond donors (Lipinski definition) is 0. The van der Waals surface area contributed by atoms with E-state index in [1.165, 1.54) is 0 Å². The summed E-state index contributed by atoms with van der Waals surface area (Å²) in [6.07, 6.45) is 0. The molecule has 0 spiro atoms. The molecule has 0 saturated carbocycles. The second-order valence-electron chi connectivity index (χ2n) is 1.48. The summed E-state index contributed by atoms with van der Waals surface area (Å²) in [5.41, 5.74) is 0. The van der Waals surface area contributed by atoms with Gasteiger partial charge in [-0.1, -0.05) is 0 Å². The molecule has 6 heteroatoms. The number of hydrogen-bond acceptors (Lipinski definition) is 2. The predicted molar refractivity (Wildman–Crippen MR) is 33.7 cm³/mol. The largest absolute Gasteiger partial charge is 0.380 e. The van der Waals surface area contributed by atoms with Gasteiger partial charge in [0.25, 0.3) is 0 Å². The maximum Gasteiger partial charge on any atom is 0.380 e. The normalized spacial score (nSPS) is 11.3. The lowest BCUT2D eigenvalue weighted by Gasteiger charge is -2.16. The Balaban J connectivity index is 4.09. The van der Waals surface area contributed by atoms with Crippen molar-refractivity contribution in [3.63, 3.8) is 0 Å². The Hall–Kier alpha value is -0.230. The molecule has 0 rings (SSSR count). The lowest BCUT2D eigenvalue weighted by molar-refractivity contribution is -0.183. The highest BCUT2D eigenvalue weighted by molar-refractivity contribution is 9.10. The first-order chi connectivity index (χ1) is 4.39. The van der Waals surface area contributed by atoms with Crippen LogP contribution in [0.4, 0.5) is 8.78 Å². The van der Waals surface area contributed by atoms with E-state index in [-0.39, 0.29) is 0 Å². The Morgan fingerprint density at radius 3 is 2.20 bits per heavy atom. The molecule has 0 bridgehead atoms. The van der Waals surface area contributed by atoms with Crippen LogP contribution in [0.15, 0.2) is 0 Å². The summed E-state index contributed by atoms with van der Waals surface area (Å²) in [6.45, 7) is 0. The number of carbonyl (C=O) groups excluding carboxylic acids is 1. The van der Waals surface area contributed by atoms with E-state index in [1.807, 2.05) is 15.9 Å². The van der Waals surface area contributed by atoms with Crippen LogP contribution in [-0.4, -0.2) is 30.0 Å². The second-order valence-corrected chi connectivity index (χ2v) is 2.48. The molecule has 0 aliphatic carbocycles. The van der Waals surface area contributed by atoms with Crippen molar-refractivity contribution in [2.24, 2.45) is 0 Å². The molecule has 0 aliphatic heterocycles. The van der Waals surface area contributed by atoms with Gasteiger partial charge in [-0.25, -0.2) is 5.06 Å². The van der Waals surface area contributed by atoms with Gasteiger partial charge in [-0.05, 0) is 0 Å². The van der Waals surface area contributed by atoms with Crippen LogP contribution in [0.1, 0.15) is 0 Å². The molecule has 0 N–H and O–H groups in total. The van der Waals surface area contributed by atoms with E-state index in [9.17, 15) is 13.6 Å². The van der Waals surface area contributed by atoms with E-state index in [1.54, 1.807) is 0 Å². The van der Waals surface area contributed by atoms with Gasteiger partial charge < -0.3 is 0 Å². The first-order valence-corrected chi connectivity index (χ1v) is 3.08. The first-order valence-electron chi connectivity index (χ1n) is 2.28. The van der Waals surface area contributed by atoms with Crippen molar-refractivity contribution >= 4 is 21.8 Å². The van der Waals surface area contributed by atoms with Gasteiger partial charge in [0.2, 0.25) is 0 Å². The third-order valence-electron chi connectivity index (χ3n) is 0.802. The van der Waals surface area contributed by atoms with Crippen molar-refractivity contribution < 1.29 is 18.4 Å². The van der Waals surface area contributed by atoms with Crippen LogP contribution in [0.2, 0.25) is 0 Å². The monoisotopic (exact) mass is 217 g/mol. The van der Waals surface area contributed by atoms with Crippen LogP contribution in [-0.2, 0) is 9.63 Å². The van der Waals surface area contributed by atoms with Crippen LogP contribution < -0.4 is 0 Å². The Morgan fingerprint density at radius 2 is 2.10 bits per heavy atom. The fourth-order valence-corrected chi connectivity index (χ4v) is 0.511.